The second-order valence-corrected chi connectivity index (χ2v) is 8.45. The van der Waals surface area contributed by atoms with E-state index in [4.69, 9.17) is 0 Å². The van der Waals surface area contributed by atoms with Gasteiger partial charge in [-0.2, -0.15) is 12.6 Å². The second kappa shape index (κ2) is 18.6. The van der Waals surface area contributed by atoms with Crippen molar-refractivity contribution in [1.82, 2.24) is 0 Å². The number of rotatable bonds is 19. The van der Waals surface area contributed by atoms with Crippen molar-refractivity contribution in [1.29, 1.82) is 0 Å². The van der Waals surface area contributed by atoms with E-state index in [0.717, 1.165) is 19.3 Å². The fourth-order valence-corrected chi connectivity index (χ4v) is 3.68. The molecule has 0 amide bonds. The zero-order valence-electron chi connectivity index (χ0n) is 17.0. The van der Waals surface area contributed by atoms with E-state index in [1.807, 2.05) is 0 Å². The summed E-state index contributed by atoms with van der Waals surface area (Å²) in [4.78, 5) is 11.3. The lowest BCUT2D eigenvalue weighted by Crippen LogP contribution is -2.18. The highest BCUT2D eigenvalue weighted by Crippen LogP contribution is 2.21. The Morgan fingerprint density at radius 3 is 1.52 bits per heavy atom. The molecule has 0 aromatic heterocycles. The number of hydrogen-bond donors (Lipinski definition) is 2. The Kier molecular flexibility index (Phi) is 18.5. The van der Waals surface area contributed by atoms with E-state index in [2.05, 4.69) is 26.5 Å². The molecule has 150 valence electrons. The van der Waals surface area contributed by atoms with Gasteiger partial charge in [-0.25, -0.2) is 0 Å². The molecule has 1 N–H and O–H groups in total. The van der Waals surface area contributed by atoms with E-state index in [0.29, 0.717) is 6.42 Å². The Morgan fingerprint density at radius 1 is 0.760 bits per heavy atom. The van der Waals surface area contributed by atoms with Crippen molar-refractivity contribution in [3.05, 3.63) is 0 Å². The van der Waals surface area contributed by atoms with Gasteiger partial charge in [-0.3, -0.25) is 4.79 Å². The molecule has 0 bridgehead atoms. The summed E-state index contributed by atoms with van der Waals surface area (Å²) in [6.07, 6.45) is 21.3. The summed E-state index contributed by atoms with van der Waals surface area (Å²) in [5.41, 5.74) is 0. The molecule has 3 heteroatoms. The number of carbonyl (C=O) groups is 1. The lowest BCUT2D eigenvalue weighted by atomic mass is 9.95. The van der Waals surface area contributed by atoms with Crippen LogP contribution in [0.5, 0.6) is 0 Å². The van der Waals surface area contributed by atoms with Crippen molar-refractivity contribution in [2.75, 3.05) is 0 Å². The Morgan fingerprint density at radius 2 is 1.16 bits per heavy atom. The van der Waals surface area contributed by atoms with Crippen LogP contribution in [0, 0.1) is 5.92 Å². The van der Waals surface area contributed by atoms with Crippen molar-refractivity contribution in [2.24, 2.45) is 5.92 Å². The topological polar surface area (TPSA) is 37.3 Å². The molecule has 0 heterocycles. The summed E-state index contributed by atoms with van der Waals surface area (Å²) in [7, 11) is 0. The van der Waals surface area contributed by atoms with Crippen molar-refractivity contribution < 1.29 is 9.90 Å². The van der Waals surface area contributed by atoms with Crippen LogP contribution in [-0.2, 0) is 4.79 Å². The van der Waals surface area contributed by atoms with Crippen LogP contribution in [0.15, 0.2) is 0 Å². The highest BCUT2D eigenvalue weighted by atomic mass is 32.1. The van der Waals surface area contributed by atoms with Gasteiger partial charge >= 0.3 is 5.97 Å². The molecule has 0 spiro atoms. The van der Waals surface area contributed by atoms with Crippen LogP contribution in [0.25, 0.3) is 0 Å². The van der Waals surface area contributed by atoms with Crippen molar-refractivity contribution in [2.45, 2.75) is 128 Å². The van der Waals surface area contributed by atoms with Gasteiger partial charge in [0.1, 0.15) is 0 Å². The zero-order valence-corrected chi connectivity index (χ0v) is 17.9. The smallest absolute Gasteiger partial charge is 0.306 e. The third-order valence-electron chi connectivity index (χ3n) is 5.28. The SMILES string of the molecule is CCCCCCCCCCCCCCCCC(CC(S)CC)C(=O)O. The minimum Gasteiger partial charge on any atom is -0.481 e. The van der Waals surface area contributed by atoms with E-state index < -0.39 is 5.97 Å². The van der Waals surface area contributed by atoms with Gasteiger partial charge in [0.25, 0.3) is 0 Å². The maximum Gasteiger partial charge on any atom is 0.306 e. The number of carboxylic acid groups (broad SMARTS) is 1. The monoisotopic (exact) mass is 372 g/mol. The zero-order chi connectivity index (χ0) is 18.8. The summed E-state index contributed by atoms with van der Waals surface area (Å²) in [6.45, 7) is 4.34. The number of hydrogen-bond acceptors (Lipinski definition) is 2. The first-order chi connectivity index (χ1) is 12.1. The molecule has 0 saturated heterocycles. The molecular formula is C22H44O2S. The third-order valence-corrected chi connectivity index (χ3v) is 5.86. The average Bonchev–Trinajstić information content (AvgIpc) is 2.60. The number of thiol groups is 1. The molecule has 0 radical (unpaired) electrons. The molecule has 0 rings (SSSR count). The standard InChI is InChI=1S/C22H44O2S/c1-3-5-6-7-8-9-10-11-12-13-14-15-16-17-18-20(22(23)24)19-21(25)4-2/h20-21,25H,3-19H2,1-2H3,(H,23,24). The predicted molar refractivity (Wildman–Crippen MR) is 114 cm³/mol. The summed E-state index contributed by atoms with van der Waals surface area (Å²) in [6, 6.07) is 0. The first-order valence-corrected chi connectivity index (χ1v) is 11.5. The minimum atomic E-state index is -0.637. The molecule has 25 heavy (non-hydrogen) atoms. The van der Waals surface area contributed by atoms with E-state index in [9.17, 15) is 9.90 Å². The highest BCUT2D eigenvalue weighted by molar-refractivity contribution is 7.80. The van der Waals surface area contributed by atoms with Crippen molar-refractivity contribution in [3.8, 4) is 0 Å². The lowest BCUT2D eigenvalue weighted by molar-refractivity contribution is -0.142. The van der Waals surface area contributed by atoms with E-state index in [1.54, 1.807) is 0 Å². The summed E-state index contributed by atoms with van der Waals surface area (Å²) in [5.74, 6) is -0.832. The molecular weight excluding hydrogens is 328 g/mol. The second-order valence-electron chi connectivity index (χ2n) is 7.72. The van der Waals surface area contributed by atoms with Crippen molar-refractivity contribution >= 4 is 18.6 Å². The van der Waals surface area contributed by atoms with Gasteiger partial charge in [0.05, 0.1) is 5.92 Å². The van der Waals surface area contributed by atoms with Gasteiger partial charge in [-0.1, -0.05) is 104 Å². The van der Waals surface area contributed by atoms with Crippen LogP contribution in [0.3, 0.4) is 0 Å². The largest absolute Gasteiger partial charge is 0.481 e. The quantitative estimate of drug-likeness (QED) is 0.180. The van der Waals surface area contributed by atoms with Crippen molar-refractivity contribution in [3.63, 3.8) is 0 Å². The number of unbranched alkanes of at least 4 members (excludes halogenated alkanes) is 13. The summed E-state index contributed by atoms with van der Waals surface area (Å²) in [5, 5.41) is 9.52. The van der Waals surface area contributed by atoms with E-state index in [-0.39, 0.29) is 11.2 Å². The maximum atomic E-state index is 11.3. The predicted octanol–water partition coefficient (Wildman–Crippen LogP) is 7.66. The normalized spacial score (nSPS) is 13.7. The Hall–Kier alpha value is -0.180. The third kappa shape index (κ3) is 17.0. The Labute approximate surface area is 163 Å². The van der Waals surface area contributed by atoms with Gasteiger partial charge in [-0.05, 0) is 19.3 Å². The van der Waals surface area contributed by atoms with Crippen LogP contribution in [-0.4, -0.2) is 16.3 Å². The Bertz CT molecular complexity index is 294. The first-order valence-electron chi connectivity index (χ1n) is 11.0. The summed E-state index contributed by atoms with van der Waals surface area (Å²) < 4.78 is 0. The average molecular weight is 373 g/mol. The highest BCUT2D eigenvalue weighted by Gasteiger charge is 2.19. The maximum absolute atomic E-state index is 11.3. The molecule has 0 aromatic rings. The number of aliphatic carboxylic acids is 1. The molecule has 0 aromatic carbocycles. The van der Waals surface area contributed by atoms with Gasteiger partial charge < -0.3 is 5.11 Å². The molecule has 0 aliphatic carbocycles. The fraction of sp³-hybridized carbons (Fsp3) is 0.955. The molecule has 0 fully saturated rings. The lowest BCUT2D eigenvalue weighted by Gasteiger charge is -2.15. The number of carboxylic acids is 1. The molecule has 2 atom stereocenters. The summed E-state index contributed by atoms with van der Waals surface area (Å²) >= 11 is 4.45. The molecule has 2 nitrogen and oxygen atoms in total. The van der Waals surface area contributed by atoms with Crippen LogP contribution >= 0.6 is 12.6 Å². The molecule has 2 unspecified atom stereocenters. The Balaban J connectivity index is 3.35. The van der Waals surface area contributed by atoms with Gasteiger partial charge in [0.15, 0.2) is 0 Å². The fourth-order valence-electron chi connectivity index (χ4n) is 3.42. The van der Waals surface area contributed by atoms with Gasteiger partial charge in [0.2, 0.25) is 0 Å². The minimum absolute atomic E-state index is 0.195. The molecule has 0 aliphatic rings. The van der Waals surface area contributed by atoms with Crippen LogP contribution in [0.1, 0.15) is 123 Å². The van der Waals surface area contributed by atoms with Gasteiger partial charge in [-0.15, -0.1) is 0 Å². The van der Waals surface area contributed by atoms with Crippen LogP contribution in [0.4, 0.5) is 0 Å². The van der Waals surface area contributed by atoms with Crippen LogP contribution in [0.2, 0.25) is 0 Å². The molecule has 0 saturated carbocycles. The molecule has 0 aliphatic heterocycles. The first kappa shape index (κ1) is 24.8. The van der Waals surface area contributed by atoms with E-state index in [1.165, 1.54) is 83.5 Å². The van der Waals surface area contributed by atoms with Crippen LogP contribution < -0.4 is 0 Å². The van der Waals surface area contributed by atoms with Gasteiger partial charge in [0, 0.05) is 5.25 Å². The van der Waals surface area contributed by atoms with E-state index >= 15 is 0 Å².